The molecule has 1 amide bonds. The molecule has 0 bridgehead atoms. The Morgan fingerprint density at radius 2 is 2.11 bits per heavy atom. The first-order valence-corrected chi connectivity index (χ1v) is 8.35. The van der Waals surface area contributed by atoms with Gasteiger partial charge >= 0.3 is 0 Å². The Balaban J connectivity index is 0.00000182. The summed E-state index contributed by atoms with van der Waals surface area (Å²) in [5.74, 6) is -0.0795. The Bertz CT molecular complexity index is 838. The van der Waals surface area contributed by atoms with E-state index in [2.05, 4.69) is 20.6 Å². The topological polar surface area (TPSA) is 86.9 Å². The van der Waals surface area contributed by atoms with Crippen LogP contribution in [0, 0.1) is 18.7 Å². The van der Waals surface area contributed by atoms with Gasteiger partial charge in [-0.3, -0.25) is 9.59 Å². The maximum atomic E-state index is 14.0. The molecule has 0 radical (unpaired) electrons. The van der Waals surface area contributed by atoms with Gasteiger partial charge in [-0.05, 0) is 56.5 Å². The molecular weight excluding hydrogens is 394 g/mol. The highest BCUT2D eigenvalue weighted by Gasteiger charge is 2.17. The third kappa shape index (κ3) is 6.30. The van der Waals surface area contributed by atoms with Crippen molar-refractivity contribution >= 4 is 30.7 Å². The molecule has 3 N–H and O–H groups in total. The number of carbonyl (C=O) groups excluding carboxylic acids is 1. The first kappa shape index (κ1) is 23.1. The largest absolute Gasteiger partial charge is 0.346 e. The van der Waals surface area contributed by atoms with E-state index in [9.17, 15) is 14.0 Å². The van der Waals surface area contributed by atoms with Gasteiger partial charge in [-0.1, -0.05) is 6.07 Å². The first-order chi connectivity index (χ1) is 12.0. The lowest BCUT2D eigenvalue weighted by atomic mass is 9.97. The molecule has 2 aromatic rings. The van der Waals surface area contributed by atoms with Crippen LogP contribution in [-0.4, -0.2) is 29.0 Å². The van der Waals surface area contributed by atoms with Crippen molar-refractivity contribution in [3.05, 3.63) is 63.1 Å². The second-order valence-corrected chi connectivity index (χ2v) is 6.38. The summed E-state index contributed by atoms with van der Waals surface area (Å²) in [6, 6.07) is 5.99. The lowest BCUT2D eigenvalue weighted by Gasteiger charge is -2.11. The van der Waals surface area contributed by atoms with Crippen LogP contribution in [0.1, 0.15) is 33.9 Å². The van der Waals surface area contributed by atoms with E-state index >= 15 is 0 Å². The van der Waals surface area contributed by atoms with Gasteiger partial charge in [0.1, 0.15) is 11.6 Å². The highest BCUT2D eigenvalue weighted by molar-refractivity contribution is 5.94. The molecule has 0 aliphatic carbocycles. The lowest BCUT2D eigenvalue weighted by molar-refractivity contribution is 0.0946. The molecule has 0 spiro atoms. The summed E-state index contributed by atoms with van der Waals surface area (Å²) in [5.41, 5.74) is 1.12. The molecule has 1 unspecified atom stereocenters. The van der Waals surface area contributed by atoms with Crippen molar-refractivity contribution in [3.8, 4) is 0 Å². The Morgan fingerprint density at radius 1 is 1.33 bits per heavy atom. The van der Waals surface area contributed by atoms with E-state index in [1.165, 1.54) is 12.1 Å². The number of amides is 1. The fraction of sp³-hybridized carbons (Fsp3) is 0.389. The normalized spacial score (nSPS) is 15.6. The number of nitrogens with one attached hydrogen (secondary N) is 3. The SMILES string of the molecule is Cc1nc(CNC(=O)c2cc(CC3CCNC3)ccc2F)cc(=O)[nH]1.Cl.Cl. The lowest BCUT2D eigenvalue weighted by Crippen LogP contribution is -2.26. The number of aryl methyl sites for hydroxylation is 1. The molecule has 0 saturated carbocycles. The number of carbonyl (C=O) groups is 1. The zero-order valence-electron chi connectivity index (χ0n) is 14.9. The molecule has 1 aromatic heterocycles. The van der Waals surface area contributed by atoms with Gasteiger partial charge in [-0.15, -0.1) is 24.8 Å². The van der Waals surface area contributed by atoms with Gasteiger partial charge in [0.05, 0.1) is 17.8 Å². The fourth-order valence-electron chi connectivity index (χ4n) is 3.09. The molecule has 1 aliphatic heterocycles. The molecule has 1 aromatic carbocycles. The minimum Gasteiger partial charge on any atom is -0.346 e. The predicted molar refractivity (Wildman–Crippen MR) is 106 cm³/mol. The van der Waals surface area contributed by atoms with E-state index in [0.717, 1.165) is 31.5 Å². The average Bonchev–Trinajstić information content (AvgIpc) is 3.06. The summed E-state index contributed by atoms with van der Waals surface area (Å²) < 4.78 is 14.0. The first-order valence-electron chi connectivity index (χ1n) is 8.35. The molecule has 9 heteroatoms. The van der Waals surface area contributed by atoms with Gasteiger partial charge in [0.25, 0.3) is 11.5 Å². The number of halogens is 3. The number of rotatable bonds is 5. The number of nitrogens with zero attached hydrogens (tertiary/aromatic N) is 1. The number of hydrogen-bond donors (Lipinski definition) is 3. The smallest absolute Gasteiger partial charge is 0.254 e. The third-order valence-electron chi connectivity index (χ3n) is 4.31. The van der Waals surface area contributed by atoms with Crippen molar-refractivity contribution in [1.29, 1.82) is 0 Å². The maximum Gasteiger partial charge on any atom is 0.254 e. The summed E-state index contributed by atoms with van der Waals surface area (Å²) >= 11 is 0. The van der Waals surface area contributed by atoms with E-state index in [1.807, 2.05) is 0 Å². The number of hydrogen-bond acceptors (Lipinski definition) is 4. The second kappa shape index (κ2) is 10.4. The summed E-state index contributed by atoms with van der Waals surface area (Å²) in [4.78, 5) is 30.4. The molecule has 3 rings (SSSR count). The van der Waals surface area contributed by atoms with Gasteiger partial charge in [-0.2, -0.15) is 0 Å². The van der Waals surface area contributed by atoms with Gasteiger partial charge < -0.3 is 15.6 Å². The van der Waals surface area contributed by atoms with Gasteiger partial charge in [0.2, 0.25) is 0 Å². The molecular formula is C18H23Cl2FN4O2. The van der Waals surface area contributed by atoms with Crippen LogP contribution in [0.25, 0.3) is 0 Å². The number of benzene rings is 1. The maximum absolute atomic E-state index is 14.0. The fourth-order valence-corrected chi connectivity index (χ4v) is 3.09. The van der Waals surface area contributed by atoms with Crippen molar-refractivity contribution < 1.29 is 9.18 Å². The van der Waals surface area contributed by atoms with Crippen LogP contribution in [0.2, 0.25) is 0 Å². The zero-order chi connectivity index (χ0) is 17.8. The number of H-pyrrole nitrogens is 1. The van der Waals surface area contributed by atoms with Crippen molar-refractivity contribution in [3.63, 3.8) is 0 Å². The van der Waals surface area contributed by atoms with Crippen molar-refractivity contribution in [1.82, 2.24) is 20.6 Å². The van der Waals surface area contributed by atoms with Crippen LogP contribution in [0.5, 0.6) is 0 Å². The summed E-state index contributed by atoms with van der Waals surface area (Å²) in [6.45, 7) is 3.68. The third-order valence-corrected chi connectivity index (χ3v) is 4.31. The minimum atomic E-state index is -0.555. The van der Waals surface area contributed by atoms with Crippen LogP contribution >= 0.6 is 24.8 Å². The Kier molecular flexibility index (Phi) is 8.88. The molecule has 27 heavy (non-hydrogen) atoms. The predicted octanol–water partition coefficient (Wildman–Crippen LogP) is 2.14. The van der Waals surface area contributed by atoms with Crippen LogP contribution in [0.3, 0.4) is 0 Å². The second-order valence-electron chi connectivity index (χ2n) is 6.38. The highest BCUT2D eigenvalue weighted by atomic mass is 35.5. The van der Waals surface area contributed by atoms with Crippen LogP contribution < -0.4 is 16.2 Å². The van der Waals surface area contributed by atoms with Gasteiger partial charge in [0.15, 0.2) is 0 Å². The number of aromatic amines is 1. The van der Waals surface area contributed by atoms with E-state index in [-0.39, 0.29) is 42.5 Å². The molecule has 2 heterocycles. The van der Waals surface area contributed by atoms with Crippen LogP contribution in [-0.2, 0) is 13.0 Å². The molecule has 6 nitrogen and oxygen atoms in total. The van der Waals surface area contributed by atoms with Crippen LogP contribution in [0.15, 0.2) is 29.1 Å². The van der Waals surface area contributed by atoms with E-state index < -0.39 is 11.7 Å². The van der Waals surface area contributed by atoms with Crippen LogP contribution in [0.4, 0.5) is 4.39 Å². The van der Waals surface area contributed by atoms with Gasteiger partial charge in [0, 0.05) is 6.07 Å². The van der Waals surface area contributed by atoms with E-state index in [0.29, 0.717) is 17.4 Å². The molecule has 148 valence electrons. The van der Waals surface area contributed by atoms with Crippen molar-refractivity contribution in [2.75, 3.05) is 13.1 Å². The molecule has 1 aliphatic rings. The highest BCUT2D eigenvalue weighted by Crippen LogP contribution is 2.18. The molecule has 1 fully saturated rings. The van der Waals surface area contributed by atoms with E-state index in [1.54, 1.807) is 19.1 Å². The summed E-state index contributed by atoms with van der Waals surface area (Å²) in [6.07, 6.45) is 1.91. The number of aromatic nitrogens is 2. The molecule has 1 saturated heterocycles. The Morgan fingerprint density at radius 3 is 2.78 bits per heavy atom. The zero-order valence-corrected chi connectivity index (χ0v) is 16.5. The van der Waals surface area contributed by atoms with Crippen molar-refractivity contribution in [2.45, 2.75) is 26.3 Å². The quantitative estimate of drug-likeness (QED) is 0.696. The van der Waals surface area contributed by atoms with Crippen molar-refractivity contribution in [2.24, 2.45) is 5.92 Å². The minimum absolute atomic E-state index is 0. The average molecular weight is 417 g/mol. The Labute approximate surface area is 169 Å². The van der Waals surface area contributed by atoms with E-state index in [4.69, 9.17) is 0 Å². The Hall–Kier alpha value is -1.96. The van der Waals surface area contributed by atoms with Gasteiger partial charge in [-0.25, -0.2) is 9.37 Å². The monoisotopic (exact) mass is 416 g/mol. The molecule has 1 atom stereocenters. The summed E-state index contributed by atoms with van der Waals surface area (Å²) in [5, 5.41) is 5.93. The standard InChI is InChI=1S/C18H21FN4O2.2ClH/c1-11-22-14(8-17(24)23-11)10-21-18(25)15-7-12(2-3-16(15)19)6-13-4-5-20-9-13;;/h2-3,7-8,13,20H,4-6,9-10H2,1H3,(H,21,25)(H,22,23,24);2*1H. The summed E-state index contributed by atoms with van der Waals surface area (Å²) in [7, 11) is 0.